The summed E-state index contributed by atoms with van der Waals surface area (Å²) in [7, 11) is 0. The first-order valence-electron chi connectivity index (χ1n) is 6.29. The van der Waals surface area contributed by atoms with Gasteiger partial charge in [0.15, 0.2) is 0 Å². The third kappa shape index (κ3) is 2.26. The van der Waals surface area contributed by atoms with Gasteiger partial charge in [-0.05, 0) is 38.0 Å². The standard InChI is InChI=1S/C14H20N2O2/c1-9-4-5-10(2)13(6-9)16-11(3)7-15-12(8-17)14(16)18/h4-6,11-12,15,17H,7-8H2,1-3H3. The van der Waals surface area contributed by atoms with Crippen LogP contribution in [0.15, 0.2) is 18.2 Å². The van der Waals surface area contributed by atoms with E-state index < -0.39 is 6.04 Å². The van der Waals surface area contributed by atoms with E-state index in [1.165, 1.54) is 0 Å². The lowest BCUT2D eigenvalue weighted by Gasteiger charge is -2.38. The number of carbonyl (C=O) groups is 1. The number of piperazine rings is 1. The second-order valence-electron chi connectivity index (χ2n) is 4.99. The highest BCUT2D eigenvalue weighted by Crippen LogP contribution is 2.25. The SMILES string of the molecule is Cc1ccc(C)c(N2C(=O)C(CO)NCC2C)c1. The summed E-state index contributed by atoms with van der Waals surface area (Å²) < 4.78 is 0. The van der Waals surface area contributed by atoms with Crippen LogP contribution in [0.2, 0.25) is 0 Å². The topological polar surface area (TPSA) is 52.6 Å². The zero-order chi connectivity index (χ0) is 13.3. The summed E-state index contributed by atoms with van der Waals surface area (Å²) in [4.78, 5) is 14.1. The molecule has 2 unspecified atom stereocenters. The van der Waals surface area contributed by atoms with Gasteiger partial charge in [-0.3, -0.25) is 4.79 Å². The first-order chi connectivity index (χ1) is 8.54. The van der Waals surface area contributed by atoms with Gasteiger partial charge in [-0.2, -0.15) is 0 Å². The molecule has 4 nitrogen and oxygen atoms in total. The monoisotopic (exact) mass is 248 g/mol. The number of carbonyl (C=O) groups excluding carboxylic acids is 1. The number of benzene rings is 1. The van der Waals surface area contributed by atoms with Crippen molar-refractivity contribution in [3.8, 4) is 0 Å². The van der Waals surface area contributed by atoms with Crippen molar-refractivity contribution in [2.24, 2.45) is 0 Å². The van der Waals surface area contributed by atoms with Crippen LogP contribution in [0, 0.1) is 13.8 Å². The Balaban J connectivity index is 2.40. The number of rotatable bonds is 2. The number of amides is 1. The molecule has 1 saturated heterocycles. The van der Waals surface area contributed by atoms with Crippen LogP contribution in [0.5, 0.6) is 0 Å². The van der Waals surface area contributed by atoms with E-state index in [1.54, 1.807) is 4.90 Å². The van der Waals surface area contributed by atoms with Gasteiger partial charge >= 0.3 is 0 Å². The summed E-state index contributed by atoms with van der Waals surface area (Å²) in [6.07, 6.45) is 0. The molecule has 0 spiro atoms. The Hall–Kier alpha value is -1.39. The van der Waals surface area contributed by atoms with Crippen LogP contribution in [0.25, 0.3) is 0 Å². The molecule has 1 aliphatic rings. The van der Waals surface area contributed by atoms with Crippen LogP contribution in [0.1, 0.15) is 18.1 Å². The molecular weight excluding hydrogens is 228 g/mol. The van der Waals surface area contributed by atoms with Crippen molar-refractivity contribution in [1.29, 1.82) is 0 Å². The molecule has 0 aromatic heterocycles. The Morgan fingerprint density at radius 1 is 1.44 bits per heavy atom. The summed E-state index contributed by atoms with van der Waals surface area (Å²) in [5.74, 6) is -0.0510. The van der Waals surface area contributed by atoms with E-state index in [4.69, 9.17) is 0 Å². The highest BCUT2D eigenvalue weighted by Gasteiger charge is 2.33. The fourth-order valence-electron chi connectivity index (χ4n) is 2.35. The van der Waals surface area contributed by atoms with Gasteiger partial charge in [-0.15, -0.1) is 0 Å². The van der Waals surface area contributed by atoms with Gasteiger partial charge in [0.25, 0.3) is 0 Å². The van der Waals surface area contributed by atoms with Crippen molar-refractivity contribution >= 4 is 11.6 Å². The van der Waals surface area contributed by atoms with Crippen LogP contribution in [-0.2, 0) is 4.79 Å². The molecule has 4 heteroatoms. The van der Waals surface area contributed by atoms with Crippen LogP contribution < -0.4 is 10.2 Å². The van der Waals surface area contributed by atoms with Crippen molar-refractivity contribution in [1.82, 2.24) is 5.32 Å². The van der Waals surface area contributed by atoms with E-state index in [1.807, 2.05) is 39.0 Å². The second kappa shape index (κ2) is 5.08. The molecule has 2 N–H and O–H groups in total. The van der Waals surface area contributed by atoms with Crippen molar-refractivity contribution in [3.05, 3.63) is 29.3 Å². The third-order valence-electron chi connectivity index (χ3n) is 3.44. The van der Waals surface area contributed by atoms with Gasteiger partial charge < -0.3 is 15.3 Å². The third-order valence-corrected chi connectivity index (χ3v) is 3.44. The molecule has 1 amide bonds. The minimum Gasteiger partial charge on any atom is -0.394 e. The predicted molar refractivity (Wildman–Crippen MR) is 71.7 cm³/mol. The smallest absolute Gasteiger partial charge is 0.246 e. The van der Waals surface area contributed by atoms with Gasteiger partial charge in [0.1, 0.15) is 6.04 Å². The molecule has 0 saturated carbocycles. The largest absolute Gasteiger partial charge is 0.394 e. The first-order valence-corrected chi connectivity index (χ1v) is 6.29. The van der Waals surface area contributed by atoms with E-state index in [0.29, 0.717) is 6.54 Å². The van der Waals surface area contributed by atoms with Crippen LogP contribution in [-0.4, -0.2) is 36.2 Å². The fourth-order valence-corrected chi connectivity index (χ4v) is 2.35. The van der Waals surface area contributed by atoms with Gasteiger partial charge in [-0.1, -0.05) is 12.1 Å². The molecule has 98 valence electrons. The van der Waals surface area contributed by atoms with Gasteiger partial charge in [-0.25, -0.2) is 0 Å². The Kier molecular flexibility index (Phi) is 3.68. The van der Waals surface area contributed by atoms with E-state index in [-0.39, 0.29) is 18.6 Å². The average molecular weight is 248 g/mol. The Labute approximate surface area is 108 Å². The number of hydrogen-bond donors (Lipinski definition) is 2. The lowest BCUT2D eigenvalue weighted by molar-refractivity contribution is -0.123. The second-order valence-corrected chi connectivity index (χ2v) is 4.99. The Morgan fingerprint density at radius 2 is 2.17 bits per heavy atom. The van der Waals surface area contributed by atoms with E-state index in [2.05, 4.69) is 5.32 Å². The molecule has 18 heavy (non-hydrogen) atoms. The number of nitrogens with one attached hydrogen (secondary N) is 1. The van der Waals surface area contributed by atoms with Crippen molar-refractivity contribution < 1.29 is 9.90 Å². The summed E-state index contributed by atoms with van der Waals surface area (Å²) in [6, 6.07) is 5.71. The molecule has 1 aromatic rings. The molecule has 1 aliphatic heterocycles. The maximum Gasteiger partial charge on any atom is 0.246 e. The number of aliphatic hydroxyl groups excluding tert-OH is 1. The summed E-state index contributed by atoms with van der Waals surface area (Å²) >= 11 is 0. The summed E-state index contributed by atoms with van der Waals surface area (Å²) in [6.45, 7) is 6.58. The lowest BCUT2D eigenvalue weighted by atomic mass is 10.0. The van der Waals surface area contributed by atoms with Gasteiger partial charge in [0.2, 0.25) is 5.91 Å². The zero-order valence-corrected chi connectivity index (χ0v) is 11.1. The molecule has 2 rings (SSSR count). The van der Waals surface area contributed by atoms with Crippen LogP contribution in [0.3, 0.4) is 0 Å². The maximum absolute atomic E-state index is 12.3. The molecule has 0 radical (unpaired) electrons. The van der Waals surface area contributed by atoms with E-state index >= 15 is 0 Å². The number of anilines is 1. The van der Waals surface area contributed by atoms with Gasteiger partial charge in [0.05, 0.1) is 6.61 Å². The minimum absolute atomic E-state index is 0.0510. The maximum atomic E-state index is 12.3. The van der Waals surface area contributed by atoms with Crippen molar-refractivity contribution in [3.63, 3.8) is 0 Å². The number of aryl methyl sites for hydroxylation is 2. The van der Waals surface area contributed by atoms with Crippen LogP contribution >= 0.6 is 0 Å². The lowest BCUT2D eigenvalue weighted by Crippen LogP contribution is -2.61. The predicted octanol–water partition coefficient (Wildman–Crippen LogP) is 0.989. The highest BCUT2D eigenvalue weighted by molar-refractivity contribution is 5.99. The Morgan fingerprint density at radius 3 is 2.83 bits per heavy atom. The zero-order valence-electron chi connectivity index (χ0n) is 11.1. The summed E-state index contributed by atoms with van der Waals surface area (Å²) in [5.41, 5.74) is 3.17. The molecule has 1 aromatic carbocycles. The van der Waals surface area contributed by atoms with E-state index in [9.17, 15) is 9.90 Å². The summed E-state index contributed by atoms with van der Waals surface area (Å²) in [5, 5.41) is 12.3. The van der Waals surface area contributed by atoms with Crippen molar-refractivity contribution in [2.45, 2.75) is 32.9 Å². The van der Waals surface area contributed by atoms with Crippen LogP contribution in [0.4, 0.5) is 5.69 Å². The number of hydrogen-bond acceptors (Lipinski definition) is 3. The van der Waals surface area contributed by atoms with Gasteiger partial charge in [0, 0.05) is 18.3 Å². The Bertz CT molecular complexity index is 459. The molecular formula is C14H20N2O2. The van der Waals surface area contributed by atoms with E-state index in [0.717, 1.165) is 16.8 Å². The molecule has 2 atom stereocenters. The average Bonchev–Trinajstić information content (AvgIpc) is 2.34. The minimum atomic E-state index is -0.485. The van der Waals surface area contributed by atoms with Crippen molar-refractivity contribution in [2.75, 3.05) is 18.1 Å². The fraction of sp³-hybridized carbons (Fsp3) is 0.500. The molecule has 1 fully saturated rings. The highest BCUT2D eigenvalue weighted by atomic mass is 16.3. The number of nitrogens with zero attached hydrogens (tertiary/aromatic N) is 1. The molecule has 1 heterocycles. The molecule has 0 bridgehead atoms. The quantitative estimate of drug-likeness (QED) is 0.820. The molecule has 0 aliphatic carbocycles. The normalized spacial score (nSPS) is 24.4. The first kappa shape index (κ1) is 13.1. The number of aliphatic hydroxyl groups is 1.